The summed E-state index contributed by atoms with van der Waals surface area (Å²) in [7, 11) is 0. The van der Waals surface area contributed by atoms with E-state index in [1.165, 1.54) is 0 Å². The van der Waals surface area contributed by atoms with Crippen molar-refractivity contribution in [2.75, 3.05) is 0 Å². The van der Waals surface area contributed by atoms with Crippen LogP contribution < -0.4 is 11.2 Å². The molecular formula is C10H4Br2ClFN2O2. The molecule has 0 atom stereocenters. The van der Waals surface area contributed by atoms with Crippen LogP contribution in [0.1, 0.15) is 0 Å². The lowest BCUT2D eigenvalue weighted by Gasteiger charge is -2.09. The summed E-state index contributed by atoms with van der Waals surface area (Å²) < 4.78 is 15.0. The third kappa shape index (κ3) is 2.17. The third-order valence-electron chi connectivity index (χ3n) is 2.16. The van der Waals surface area contributed by atoms with Crippen LogP contribution in [0.2, 0.25) is 5.15 Å². The first-order chi connectivity index (χ1) is 8.43. The average molecular weight is 398 g/mol. The van der Waals surface area contributed by atoms with Gasteiger partial charge in [0.15, 0.2) is 5.15 Å². The van der Waals surface area contributed by atoms with Crippen LogP contribution >= 0.6 is 43.5 Å². The molecule has 1 heterocycles. The zero-order valence-corrected chi connectivity index (χ0v) is 12.4. The van der Waals surface area contributed by atoms with Crippen molar-refractivity contribution in [3.63, 3.8) is 0 Å². The van der Waals surface area contributed by atoms with Crippen LogP contribution in [0.15, 0.2) is 36.7 Å². The van der Waals surface area contributed by atoms with Gasteiger partial charge in [0.05, 0.1) is 5.69 Å². The lowest BCUT2D eigenvalue weighted by Crippen LogP contribution is -2.36. The molecule has 1 aromatic heterocycles. The Morgan fingerprint density at radius 3 is 2.33 bits per heavy atom. The van der Waals surface area contributed by atoms with Gasteiger partial charge in [-0.05, 0) is 44.0 Å². The Balaban J connectivity index is 2.94. The zero-order chi connectivity index (χ0) is 13.4. The molecule has 94 valence electrons. The maximum Gasteiger partial charge on any atom is 0.334 e. The molecule has 0 saturated carbocycles. The van der Waals surface area contributed by atoms with Gasteiger partial charge in [0, 0.05) is 8.95 Å². The third-order valence-corrected chi connectivity index (χ3v) is 3.70. The maximum absolute atomic E-state index is 13.5. The number of aromatic nitrogens is 2. The Morgan fingerprint density at radius 2 is 1.78 bits per heavy atom. The summed E-state index contributed by atoms with van der Waals surface area (Å²) in [6.07, 6.45) is 0. The molecule has 0 aliphatic heterocycles. The van der Waals surface area contributed by atoms with E-state index in [9.17, 15) is 14.0 Å². The first-order valence-electron chi connectivity index (χ1n) is 4.58. The second kappa shape index (κ2) is 4.99. The molecule has 0 aliphatic carbocycles. The first-order valence-corrected chi connectivity index (χ1v) is 6.54. The van der Waals surface area contributed by atoms with Crippen LogP contribution in [0.4, 0.5) is 4.39 Å². The largest absolute Gasteiger partial charge is 0.334 e. The van der Waals surface area contributed by atoms with Crippen molar-refractivity contribution in [2.24, 2.45) is 0 Å². The smallest absolute Gasteiger partial charge is 0.295 e. The summed E-state index contributed by atoms with van der Waals surface area (Å²) in [6, 6.07) is 4.94. The number of nitrogens with one attached hydrogen (secondary N) is 1. The fourth-order valence-corrected chi connectivity index (χ4v) is 2.91. The number of H-pyrrole nitrogens is 1. The quantitative estimate of drug-likeness (QED) is 0.751. The van der Waals surface area contributed by atoms with Gasteiger partial charge in [-0.15, -0.1) is 0 Å². The van der Waals surface area contributed by atoms with Gasteiger partial charge in [-0.2, -0.15) is 4.39 Å². The predicted octanol–water partition coefficient (Wildman–Crippen LogP) is 2.84. The van der Waals surface area contributed by atoms with E-state index in [0.717, 1.165) is 0 Å². The van der Waals surface area contributed by atoms with E-state index in [1.54, 1.807) is 18.2 Å². The van der Waals surface area contributed by atoms with E-state index in [2.05, 4.69) is 36.8 Å². The van der Waals surface area contributed by atoms with E-state index in [4.69, 9.17) is 11.6 Å². The number of hydrogen-bond donors (Lipinski definition) is 1. The minimum Gasteiger partial charge on any atom is -0.295 e. The van der Waals surface area contributed by atoms with Gasteiger partial charge in [-0.3, -0.25) is 9.78 Å². The average Bonchev–Trinajstić information content (AvgIpc) is 2.30. The first kappa shape index (κ1) is 13.5. The van der Waals surface area contributed by atoms with Crippen LogP contribution in [-0.4, -0.2) is 9.55 Å². The van der Waals surface area contributed by atoms with Crippen LogP contribution in [0, 0.1) is 5.82 Å². The molecule has 1 aromatic carbocycles. The van der Waals surface area contributed by atoms with Gasteiger partial charge in [-0.1, -0.05) is 17.7 Å². The predicted molar refractivity (Wildman–Crippen MR) is 73.0 cm³/mol. The van der Waals surface area contributed by atoms with Gasteiger partial charge in [0.2, 0.25) is 5.82 Å². The fourth-order valence-electron chi connectivity index (χ4n) is 1.39. The van der Waals surface area contributed by atoms with Crippen molar-refractivity contribution in [1.29, 1.82) is 0 Å². The topological polar surface area (TPSA) is 54.9 Å². The summed E-state index contributed by atoms with van der Waals surface area (Å²) in [6.45, 7) is 0. The Morgan fingerprint density at radius 1 is 1.22 bits per heavy atom. The molecule has 0 saturated heterocycles. The van der Waals surface area contributed by atoms with Crippen molar-refractivity contribution in [3.05, 3.63) is 59.0 Å². The standard InChI is InChI=1S/C10H4Br2ClFN2O2/c11-4-2-1-3-5(12)7(4)16-9(17)6(14)8(13)15-10(16)18/h1-3H,(H,15,18). The van der Waals surface area contributed by atoms with E-state index in [-0.39, 0.29) is 5.69 Å². The number of para-hydroxylation sites is 1. The number of benzene rings is 1. The summed E-state index contributed by atoms with van der Waals surface area (Å²) >= 11 is 11.8. The molecule has 0 unspecified atom stereocenters. The minimum absolute atomic E-state index is 0.208. The highest BCUT2D eigenvalue weighted by molar-refractivity contribution is 9.11. The van der Waals surface area contributed by atoms with Crippen LogP contribution in [0.25, 0.3) is 5.69 Å². The molecule has 0 radical (unpaired) electrons. The molecule has 8 heteroatoms. The SMILES string of the molecule is O=c1[nH]c(Cl)c(F)c(=O)n1-c1c(Br)cccc1Br. The Kier molecular flexibility index (Phi) is 3.74. The normalized spacial score (nSPS) is 10.7. The Labute approximate surface area is 122 Å². The maximum atomic E-state index is 13.5. The van der Waals surface area contributed by atoms with Crippen LogP contribution in [0.3, 0.4) is 0 Å². The minimum atomic E-state index is -1.21. The molecule has 4 nitrogen and oxygen atoms in total. The molecule has 0 spiro atoms. The summed E-state index contributed by atoms with van der Waals surface area (Å²) in [4.78, 5) is 25.5. The van der Waals surface area contributed by atoms with Gasteiger partial charge < -0.3 is 0 Å². The molecule has 2 rings (SSSR count). The summed E-state index contributed by atoms with van der Waals surface area (Å²) in [5.41, 5.74) is -1.73. The molecule has 2 aromatic rings. The highest BCUT2D eigenvalue weighted by Crippen LogP contribution is 2.27. The van der Waals surface area contributed by atoms with Crippen molar-refractivity contribution in [2.45, 2.75) is 0 Å². The summed E-state index contributed by atoms with van der Waals surface area (Å²) in [5, 5.41) is -0.607. The van der Waals surface area contributed by atoms with Gasteiger partial charge in [-0.25, -0.2) is 9.36 Å². The highest BCUT2D eigenvalue weighted by atomic mass is 79.9. The molecule has 18 heavy (non-hydrogen) atoms. The van der Waals surface area contributed by atoms with Crippen molar-refractivity contribution < 1.29 is 4.39 Å². The lowest BCUT2D eigenvalue weighted by molar-refractivity contribution is 0.584. The second-order valence-electron chi connectivity index (χ2n) is 3.27. The van der Waals surface area contributed by atoms with Gasteiger partial charge in [0.1, 0.15) is 0 Å². The van der Waals surface area contributed by atoms with Crippen molar-refractivity contribution in [1.82, 2.24) is 9.55 Å². The lowest BCUT2D eigenvalue weighted by atomic mass is 10.3. The Bertz CT molecular complexity index is 721. The van der Waals surface area contributed by atoms with Gasteiger partial charge >= 0.3 is 5.69 Å². The number of hydrogen-bond acceptors (Lipinski definition) is 2. The molecular weight excluding hydrogens is 394 g/mol. The number of nitrogens with zero attached hydrogens (tertiary/aromatic N) is 1. The molecule has 0 aliphatic rings. The Hall–Kier alpha value is -0.920. The number of aromatic amines is 1. The van der Waals surface area contributed by atoms with E-state index < -0.39 is 22.2 Å². The molecule has 0 fully saturated rings. The monoisotopic (exact) mass is 396 g/mol. The van der Waals surface area contributed by atoms with E-state index in [1.807, 2.05) is 0 Å². The van der Waals surface area contributed by atoms with E-state index >= 15 is 0 Å². The van der Waals surface area contributed by atoms with E-state index in [0.29, 0.717) is 13.5 Å². The molecule has 0 bridgehead atoms. The zero-order valence-electron chi connectivity index (χ0n) is 8.51. The second-order valence-corrected chi connectivity index (χ2v) is 5.36. The summed E-state index contributed by atoms with van der Waals surface area (Å²) in [5.74, 6) is -1.21. The van der Waals surface area contributed by atoms with Crippen LogP contribution in [0.5, 0.6) is 0 Å². The number of halogens is 4. The van der Waals surface area contributed by atoms with Gasteiger partial charge in [0.25, 0.3) is 5.56 Å². The highest BCUT2D eigenvalue weighted by Gasteiger charge is 2.17. The van der Waals surface area contributed by atoms with Crippen molar-refractivity contribution >= 4 is 43.5 Å². The van der Waals surface area contributed by atoms with Crippen LogP contribution in [-0.2, 0) is 0 Å². The molecule has 1 N–H and O–H groups in total. The molecule has 0 amide bonds. The number of rotatable bonds is 1. The fraction of sp³-hybridized carbons (Fsp3) is 0. The van der Waals surface area contributed by atoms with Crippen molar-refractivity contribution in [3.8, 4) is 5.69 Å².